The third kappa shape index (κ3) is 2.20. The standard InChI is InChI=1S/C18H20O2/c1-18(2)9-3-5-15(12-19)17(18)14-7-8-16-13(11-14)6-4-10-20-16/h4,6-8,11-12H,3,5,9-10H2,1-2H3. The van der Waals surface area contributed by atoms with E-state index in [1.54, 1.807) is 0 Å². The van der Waals surface area contributed by atoms with Gasteiger partial charge >= 0.3 is 0 Å². The van der Waals surface area contributed by atoms with Crippen LogP contribution in [0.2, 0.25) is 0 Å². The number of aldehydes is 1. The molecular weight excluding hydrogens is 248 g/mol. The lowest BCUT2D eigenvalue weighted by molar-refractivity contribution is -0.105. The van der Waals surface area contributed by atoms with Crippen LogP contribution in [0.3, 0.4) is 0 Å². The Morgan fingerprint density at radius 1 is 1.30 bits per heavy atom. The molecule has 0 bridgehead atoms. The molecule has 3 rings (SSSR count). The molecule has 2 aliphatic rings. The molecule has 0 unspecified atom stereocenters. The minimum absolute atomic E-state index is 0.0575. The van der Waals surface area contributed by atoms with Crippen LogP contribution in [0, 0.1) is 5.41 Å². The van der Waals surface area contributed by atoms with Crippen LogP contribution in [0.1, 0.15) is 44.2 Å². The maximum atomic E-state index is 11.4. The number of hydrogen-bond acceptors (Lipinski definition) is 2. The number of hydrogen-bond donors (Lipinski definition) is 0. The molecule has 20 heavy (non-hydrogen) atoms. The van der Waals surface area contributed by atoms with Crippen LogP contribution in [0.4, 0.5) is 0 Å². The van der Waals surface area contributed by atoms with E-state index >= 15 is 0 Å². The first kappa shape index (κ1) is 13.2. The van der Waals surface area contributed by atoms with Crippen molar-refractivity contribution in [2.45, 2.75) is 33.1 Å². The van der Waals surface area contributed by atoms with Gasteiger partial charge in [-0.3, -0.25) is 4.79 Å². The third-order valence-corrected chi connectivity index (χ3v) is 4.32. The molecule has 1 heterocycles. The molecule has 0 amide bonds. The summed E-state index contributed by atoms with van der Waals surface area (Å²) in [5.41, 5.74) is 4.49. The summed E-state index contributed by atoms with van der Waals surface area (Å²) in [7, 11) is 0. The molecule has 0 N–H and O–H groups in total. The highest BCUT2D eigenvalue weighted by molar-refractivity contribution is 5.91. The molecule has 0 saturated carbocycles. The molecule has 0 saturated heterocycles. The third-order valence-electron chi connectivity index (χ3n) is 4.32. The van der Waals surface area contributed by atoms with Crippen LogP contribution in [0.25, 0.3) is 11.6 Å². The molecule has 1 aromatic rings. The predicted molar refractivity (Wildman–Crippen MR) is 81.6 cm³/mol. The molecule has 104 valence electrons. The van der Waals surface area contributed by atoms with Crippen molar-refractivity contribution in [3.05, 3.63) is 41.0 Å². The van der Waals surface area contributed by atoms with Crippen LogP contribution >= 0.6 is 0 Å². The Balaban J connectivity index is 2.13. The van der Waals surface area contributed by atoms with Crippen molar-refractivity contribution in [1.82, 2.24) is 0 Å². The predicted octanol–water partition coefficient (Wildman–Crippen LogP) is 4.25. The van der Waals surface area contributed by atoms with Gasteiger partial charge < -0.3 is 4.74 Å². The number of carbonyl (C=O) groups excluding carboxylic acids is 1. The Labute approximate surface area is 120 Å². The monoisotopic (exact) mass is 268 g/mol. The molecule has 0 fully saturated rings. The average Bonchev–Trinajstić information content (AvgIpc) is 2.45. The highest BCUT2D eigenvalue weighted by Crippen LogP contribution is 2.46. The van der Waals surface area contributed by atoms with Crippen molar-refractivity contribution in [1.29, 1.82) is 0 Å². The number of fused-ring (bicyclic) bond motifs is 1. The van der Waals surface area contributed by atoms with E-state index in [-0.39, 0.29) is 5.41 Å². The lowest BCUT2D eigenvalue weighted by atomic mass is 9.70. The Hall–Kier alpha value is -1.83. The molecule has 1 aromatic carbocycles. The van der Waals surface area contributed by atoms with Gasteiger partial charge in [-0.05, 0) is 59.6 Å². The van der Waals surface area contributed by atoms with Crippen LogP contribution < -0.4 is 4.74 Å². The maximum Gasteiger partial charge on any atom is 0.146 e. The van der Waals surface area contributed by atoms with E-state index in [0.29, 0.717) is 6.61 Å². The van der Waals surface area contributed by atoms with Crippen LogP contribution in [0.5, 0.6) is 5.75 Å². The van der Waals surface area contributed by atoms with Gasteiger partial charge in [0.25, 0.3) is 0 Å². The van der Waals surface area contributed by atoms with Crippen molar-refractivity contribution in [2.75, 3.05) is 6.61 Å². The van der Waals surface area contributed by atoms with E-state index in [1.165, 1.54) is 5.57 Å². The van der Waals surface area contributed by atoms with Gasteiger partial charge in [-0.15, -0.1) is 0 Å². The Morgan fingerprint density at radius 2 is 2.15 bits per heavy atom. The van der Waals surface area contributed by atoms with E-state index in [9.17, 15) is 4.79 Å². The van der Waals surface area contributed by atoms with Gasteiger partial charge in [0.1, 0.15) is 18.6 Å². The molecular formula is C18H20O2. The average molecular weight is 268 g/mol. The Bertz CT molecular complexity index is 606. The lowest BCUT2D eigenvalue weighted by Gasteiger charge is -2.34. The highest BCUT2D eigenvalue weighted by Gasteiger charge is 2.31. The van der Waals surface area contributed by atoms with Gasteiger partial charge in [0, 0.05) is 5.56 Å². The van der Waals surface area contributed by atoms with Crippen molar-refractivity contribution in [2.24, 2.45) is 5.41 Å². The fourth-order valence-electron chi connectivity index (χ4n) is 3.38. The molecule has 0 spiro atoms. The van der Waals surface area contributed by atoms with Gasteiger partial charge in [-0.25, -0.2) is 0 Å². The largest absolute Gasteiger partial charge is 0.489 e. The minimum Gasteiger partial charge on any atom is -0.489 e. The smallest absolute Gasteiger partial charge is 0.146 e. The van der Waals surface area contributed by atoms with Crippen molar-refractivity contribution >= 4 is 17.9 Å². The van der Waals surface area contributed by atoms with E-state index < -0.39 is 0 Å². The molecule has 2 nitrogen and oxygen atoms in total. The normalized spacial score (nSPS) is 20.3. The second-order valence-electron chi connectivity index (χ2n) is 6.22. The molecule has 0 aromatic heterocycles. The summed E-state index contributed by atoms with van der Waals surface area (Å²) in [5, 5.41) is 0. The van der Waals surface area contributed by atoms with Gasteiger partial charge in [0.2, 0.25) is 0 Å². The Morgan fingerprint density at radius 3 is 2.95 bits per heavy atom. The van der Waals surface area contributed by atoms with Crippen LogP contribution in [-0.2, 0) is 4.79 Å². The molecule has 0 radical (unpaired) electrons. The Kier molecular flexibility index (Phi) is 3.25. The molecule has 0 atom stereocenters. The fraction of sp³-hybridized carbons (Fsp3) is 0.389. The number of allylic oxidation sites excluding steroid dienone is 2. The second-order valence-corrected chi connectivity index (χ2v) is 6.22. The van der Waals surface area contributed by atoms with Crippen LogP contribution in [-0.4, -0.2) is 12.9 Å². The van der Waals surface area contributed by atoms with Gasteiger partial charge in [-0.2, -0.15) is 0 Å². The summed E-state index contributed by atoms with van der Waals surface area (Å²) in [6.07, 6.45) is 8.28. The van der Waals surface area contributed by atoms with Gasteiger partial charge in [-0.1, -0.05) is 26.0 Å². The van der Waals surface area contributed by atoms with E-state index in [2.05, 4.69) is 32.1 Å². The van der Waals surface area contributed by atoms with Crippen molar-refractivity contribution in [3.63, 3.8) is 0 Å². The number of rotatable bonds is 2. The molecule has 2 heteroatoms. The summed E-state index contributed by atoms with van der Waals surface area (Å²) in [4.78, 5) is 11.4. The van der Waals surface area contributed by atoms with Crippen molar-refractivity contribution < 1.29 is 9.53 Å². The van der Waals surface area contributed by atoms with Gasteiger partial charge in [0.05, 0.1) is 0 Å². The van der Waals surface area contributed by atoms with E-state index in [4.69, 9.17) is 4.74 Å². The minimum atomic E-state index is 0.0575. The number of benzene rings is 1. The zero-order chi connectivity index (χ0) is 14.2. The first-order valence-electron chi connectivity index (χ1n) is 7.24. The summed E-state index contributed by atoms with van der Waals surface area (Å²) >= 11 is 0. The highest BCUT2D eigenvalue weighted by atomic mass is 16.5. The van der Waals surface area contributed by atoms with E-state index in [1.807, 2.05) is 12.1 Å². The quantitative estimate of drug-likeness (QED) is 0.749. The van der Waals surface area contributed by atoms with Crippen LogP contribution in [0.15, 0.2) is 29.8 Å². The number of ether oxygens (including phenoxy) is 1. The summed E-state index contributed by atoms with van der Waals surface area (Å²) in [6.45, 7) is 5.10. The maximum absolute atomic E-state index is 11.4. The summed E-state index contributed by atoms with van der Waals surface area (Å²) in [5.74, 6) is 0.929. The second kappa shape index (κ2) is 4.93. The first-order valence-corrected chi connectivity index (χ1v) is 7.24. The summed E-state index contributed by atoms with van der Waals surface area (Å²) in [6, 6.07) is 6.26. The SMILES string of the molecule is CC1(C)CCCC(C=O)=C1c1ccc2c(c1)C=CCO2. The topological polar surface area (TPSA) is 26.3 Å². The van der Waals surface area contributed by atoms with Crippen molar-refractivity contribution in [3.8, 4) is 5.75 Å². The zero-order valence-electron chi connectivity index (χ0n) is 12.1. The van der Waals surface area contributed by atoms with E-state index in [0.717, 1.165) is 48.0 Å². The zero-order valence-corrected chi connectivity index (χ0v) is 12.1. The first-order chi connectivity index (χ1) is 9.62. The van der Waals surface area contributed by atoms with Gasteiger partial charge in [0.15, 0.2) is 0 Å². The molecule has 1 aliphatic heterocycles. The lowest BCUT2D eigenvalue weighted by Crippen LogP contribution is -2.20. The fourth-order valence-corrected chi connectivity index (χ4v) is 3.38. The number of carbonyl (C=O) groups is 1. The molecule has 1 aliphatic carbocycles. The summed E-state index contributed by atoms with van der Waals surface area (Å²) < 4.78 is 5.60.